The molecular weight excluding hydrogens is 1420 g/mol. The number of fused-ring (bicyclic) bond motifs is 2. The lowest BCUT2D eigenvalue weighted by Gasteiger charge is -2.29. The largest absolute Gasteiger partial charge is 0.467 e. The smallest absolute Gasteiger partial charge is 0.330 e. The van der Waals surface area contributed by atoms with Gasteiger partial charge in [-0.05, 0) is 195 Å². The zero-order valence-electron chi connectivity index (χ0n) is 58.4. The number of imide groups is 2. The summed E-state index contributed by atoms with van der Waals surface area (Å²) in [7, 11) is 1.28. The number of isothiocyanates is 1. The van der Waals surface area contributed by atoms with Crippen molar-refractivity contribution in [3.05, 3.63) is 247 Å². The first kappa shape index (κ1) is 80.7. The summed E-state index contributed by atoms with van der Waals surface area (Å²) < 4.78 is 48.8. The predicted molar refractivity (Wildman–Crippen MR) is 403 cm³/mol. The highest BCUT2D eigenvalue weighted by Gasteiger charge is 2.52. The van der Waals surface area contributed by atoms with Gasteiger partial charge in [-0.25, -0.2) is 29.0 Å². The lowest BCUT2D eigenvalue weighted by molar-refractivity contribution is -0.144. The van der Waals surface area contributed by atoms with Crippen molar-refractivity contribution >= 4 is 145 Å². The molecule has 2 saturated heterocycles. The number of ether oxygens (including phenoxy) is 1. The summed E-state index contributed by atoms with van der Waals surface area (Å²) in [6.45, 7) is 36.1. The Morgan fingerprint density at radius 1 is 0.594 bits per heavy atom. The highest BCUT2D eigenvalue weighted by atomic mass is 32.1. The van der Waals surface area contributed by atoms with Crippen molar-refractivity contribution in [2.45, 2.75) is 98.6 Å². The van der Waals surface area contributed by atoms with E-state index in [9.17, 15) is 42.3 Å². The number of halogens is 3. The molecule has 0 aliphatic carbocycles. The fourth-order valence-corrected chi connectivity index (χ4v) is 12.6. The molecule has 12 rings (SSSR count). The number of pyridine rings is 3. The molecule has 26 nitrogen and oxygen atoms in total. The molecule has 32 heteroatoms. The van der Waals surface area contributed by atoms with Crippen molar-refractivity contribution < 1.29 is 58.4 Å². The number of nitrogens with one attached hydrogen (secondary N) is 3. The van der Waals surface area contributed by atoms with Gasteiger partial charge in [0.2, 0.25) is 0 Å². The Balaban J connectivity index is 0.000000231. The maximum absolute atomic E-state index is 15.3. The van der Waals surface area contributed by atoms with Gasteiger partial charge in [-0.2, -0.15) is 4.99 Å². The van der Waals surface area contributed by atoms with Gasteiger partial charge in [0.1, 0.15) is 58.3 Å². The molecule has 7 N–H and O–H groups in total. The van der Waals surface area contributed by atoms with Crippen LogP contribution in [0.4, 0.5) is 64.7 Å². The van der Waals surface area contributed by atoms with Crippen molar-refractivity contribution in [1.82, 2.24) is 24.8 Å². The Labute approximate surface area is 624 Å². The van der Waals surface area contributed by atoms with Gasteiger partial charge in [0.05, 0.1) is 59.0 Å². The molecule has 0 atom stereocenters. The van der Waals surface area contributed by atoms with Gasteiger partial charge in [-0.15, -0.1) is 15.0 Å². The summed E-state index contributed by atoms with van der Waals surface area (Å²) in [5, 5.41) is 5.50. The number of hydrogen-bond acceptors (Lipinski definition) is 19. The first-order valence-electron chi connectivity index (χ1n) is 31.4. The number of amides is 6. The van der Waals surface area contributed by atoms with Crippen LogP contribution in [0.2, 0.25) is 0 Å². The lowest BCUT2D eigenvalue weighted by Crippen LogP contribution is -2.44. The van der Waals surface area contributed by atoms with Crippen molar-refractivity contribution in [3.63, 3.8) is 0 Å². The van der Waals surface area contributed by atoms with Gasteiger partial charge in [-0.1, -0.05) is 62.2 Å². The van der Waals surface area contributed by atoms with Crippen LogP contribution in [-0.4, -0.2) is 111 Å². The molecule has 0 bridgehead atoms. The number of esters is 1. The van der Waals surface area contributed by atoms with Crippen LogP contribution in [-0.2, 0) is 38.8 Å². The van der Waals surface area contributed by atoms with Crippen LogP contribution in [0.1, 0.15) is 118 Å². The number of carbonyl (C=O) groups excluding carboxylic acids is 7. The molecule has 8 aromatic rings. The number of methoxy groups -OCH3 is 1. The van der Waals surface area contributed by atoms with Crippen LogP contribution in [0.3, 0.4) is 0 Å². The second-order valence-corrected chi connectivity index (χ2v) is 25.9. The number of aliphatic imine (C=N–C) groups is 1. The predicted octanol–water partition coefficient (Wildman–Crippen LogP) is 13.9. The normalized spacial score (nSPS) is 14.3. The Morgan fingerprint density at radius 3 is 1.28 bits per heavy atom. The Morgan fingerprint density at radius 2 is 0.953 bits per heavy atom. The van der Waals surface area contributed by atoms with E-state index in [-0.39, 0.29) is 71.3 Å². The molecule has 0 spiro atoms. The van der Waals surface area contributed by atoms with Crippen molar-refractivity contribution in [2.24, 2.45) is 10.7 Å². The van der Waals surface area contributed by atoms with Crippen LogP contribution in [0.25, 0.3) is 14.5 Å². The number of carbonyl (C=O) groups is 7. The average Bonchev–Trinajstić information content (AvgIpc) is 1.59. The van der Waals surface area contributed by atoms with E-state index >= 15 is 4.39 Å². The zero-order chi connectivity index (χ0) is 77.3. The molecule has 2 fully saturated rings. The lowest BCUT2D eigenvalue weighted by atomic mass is 10.0. The van der Waals surface area contributed by atoms with Crippen molar-refractivity contribution in [2.75, 3.05) is 32.0 Å². The topological polar surface area (TPSA) is 330 Å². The molecule has 106 heavy (non-hydrogen) atoms. The highest BCUT2D eigenvalue weighted by Crippen LogP contribution is 2.40. The Bertz CT molecular complexity index is 5070. The Hall–Kier alpha value is -12.6. The molecule has 542 valence electrons. The van der Waals surface area contributed by atoms with E-state index in [1.54, 1.807) is 156 Å². The van der Waals surface area contributed by atoms with Crippen molar-refractivity contribution in [1.29, 1.82) is 11.1 Å². The van der Waals surface area contributed by atoms with E-state index in [0.29, 0.717) is 78.9 Å². The number of thiocarbonyl (C=S) groups is 3. The van der Waals surface area contributed by atoms with E-state index < -0.39 is 63.7 Å². The minimum Gasteiger partial charge on any atom is -0.467 e. The monoisotopic (exact) mass is 1490 g/mol. The van der Waals surface area contributed by atoms with Gasteiger partial charge in [0.15, 0.2) is 10.2 Å². The summed E-state index contributed by atoms with van der Waals surface area (Å²) in [4.78, 5) is 122. The molecule has 4 aliphatic rings. The van der Waals surface area contributed by atoms with Crippen LogP contribution in [0, 0.1) is 69.0 Å². The molecule has 0 saturated carbocycles. The summed E-state index contributed by atoms with van der Waals surface area (Å²) in [5.41, 5.74) is 19.1. The van der Waals surface area contributed by atoms with Crippen LogP contribution in [0.5, 0.6) is 0 Å². The van der Waals surface area contributed by atoms with Gasteiger partial charge in [0.25, 0.3) is 52.9 Å². The average molecular weight is 1490 g/mol. The molecule has 6 amide bonds. The zero-order valence-corrected chi connectivity index (χ0v) is 60.9. The number of nitrogens with zero attached hydrogens (tertiary/aromatic N) is 13. The van der Waals surface area contributed by atoms with Gasteiger partial charge in [0, 0.05) is 41.7 Å². The molecule has 0 radical (unpaired) electrons. The highest BCUT2D eigenvalue weighted by molar-refractivity contribution is 7.81. The van der Waals surface area contributed by atoms with Crippen LogP contribution < -0.4 is 30.7 Å². The second kappa shape index (κ2) is 33.2. The molecular formula is C74H68F3N17O9S3. The third kappa shape index (κ3) is 16.1. The van der Waals surface area contributed by atoms with E-state index in [0.717, 1.165) is 15.4 Å². The third-order valence-corrected chi connectivity index (χ3v) is 17.7. The number of rotatable bonds is 13. The summed E-state index contributed by atoms with van der Waals surface area (Å²) >= 11 is 15.6. The van der Waals surface area contributed by atoms with E-state index in [1.165, 1.54) is 65.8 Å². The van der Waals surface area contributed by atoms with Gasteiger partial charge < -0.3 is 45.6 Å². The number of aromatic nitrogens is 3. The maximum atomic E-state index is 15.3. The summed E-state index contributed by atoms with van der Waals surface area (Å²) in [6, 6.07) is 31.3. The van der Waals surface area contributed by atoms with Crippen LogP contribution >= 0.6 is 36.7 Å². The maximum Gasteiger partial charge on any atom is 0.330 e. The second-order valence-electron chi connectivity index (χ2n) is 25.0. The first-order chi connectivity index (χ1) is 49.8. The molecule has 7 heterocycles. The van der Waals surface area contributed by atoms with E-state index in [1.807, 2.05) is 6.92 Å². The van der Waals surface area contributed by atoms with E-state index in [4.69, 9.17) is 65.7 Å². The number of benzene rings is 5. The first-order valence-corrected chi connectivity index (χ1v) is 32.6. The molecule has 5 aromatic carbocycles. The third-order valence-electron chi connectivity index (χ3n) is 16.9. The van der Waals surface area contributed by atoms with Gasteiger partial charge in [-0.3, -0.25) is 48.4 Å². The standard InChI is InChI=1S/C27H20FN5O3S.C20H19FN2O4.C19H18FN5OS.C8H5N3S.H2N2.H2O.H2/c1-15-11-18(13-30-22(15)29-4)32-25(36)27(2,3)33(26(32)37)17-10-9-16(21(28)12-17)14-31-23(34)19-7-5-6-8-20(19)24(31)35;1-20(2,19(26)27-3)22-13-9-8-12(16(21)10-13)11-23-17(24)14-6-4-5-7-15(14)18(23)25;1-11-7-14(10-23-16(11)22-4)24-17(26)19(2,3)25(18(24)27)13-6-5-12(9-21)15(20)8-13;1-6-3-7(11-5-12)4-10-8(6)9-2;1-2;;/h5-13H,14H2,1-3H3;4-10,22H,11H2,1-3H3;5-8,10H,9,21H2,1-3H3;3-4H,1H3;1-2H;1H2;1H. The summed E-state index contributed by atoms with van der Waals surface area (Å²) in [6.07, 6.45) is 4.36. The van der Waals surface area contributed by atoms with Crippen molar-refractivity contribution in [3.8, 4) is 0 Å². The summed E-state index contributed by atoms with van der Waals surface area (Å²) in [5.74, 6) is -3.67. The fraction of sp³-hybridized carbons (Fsp3) is 0.216. The molecule has 0 unspecified atom stereocenters. The number of anilines is 5. The quantitative estimate of drug-likeness (QED) is 0.0208. The van der Waals surface area contributed by atoms with Gasteiger partial charge >= 0.3 is 5.97 Å². The van der Waals surface area contributed by atoms with E-state index in [2.05, 4.69) is 57.2 Å². The number of nitrogens with two attached hydrogens (primary N) is 1. The van der Waals surface area contributed by atoms with Crippen LogP contribution in [0.15, 0.2) is 145 Å². The fourth-order valence-electron chi connectivity index (χ4n) is 11.5. The minimum atomic E-state index is -1.14. The molecule has 4 aliphatic heterocycles. The Kier molecular flexibility index (Phi) is 25.3. The number of aryl methyl sites for hydroxylation is 3. The minimum absolute atomic E-state index is 0. The number of hydrogen-bond donors (Lipinski definition) is 4. The SMILES string of the molecule is COC(=O)C(C)(C)Nc1ccc(CN2C(=O)c3ccccc3C2=O)c(F)c1.N=N.O.[C-]#[N+]c1ncc(N2C(=O)C(C)(C)N(c3ccc(CN)c(F)c3)C2=S)cc1C.[C-]#[N+]c1ncc(N2C(=O)C(C)(C)N(c3ccc(CN4C(=O)c5ccccc5C4=O)c(F)c3)C2=S)cc1C.[C-]#[N+]c1ncc(N=C=S)cc1C.[HH]. The molecule has 3 aromatic heterocycles.